The molecule has 0 saturated carbocycles. The molecule has 18 heavy (non-hydrogen) atoms. The zero-order valence-electron chi connectivity index (χ0n) is 8.66. The monoisotopic (exact) mass is 306 g/mol. The average Bonchev–Trinajstić information content (AvgIpc) is 2.13. The van der Waals surface area contributed by atoms with E-state index in [-0.39, 0.29) is 0 Å². The lowest BCUT2D eigenvalue weighted by molar-refractivity contribution is -0.276. The Bertz CT molecular complexity index is 561. The first-order valence-corrected chi connectivity index (χ1v) is 6.40. The summed E-state index contributed by atoms with van der Waals surface area (Å²) in [4.78, 5) is 2.48. The van der Waals surface area contributed by atoms with Crippen LogP contribution in [-0.2, 0) is 9.05 Å². The largest absolute Gasteiger partial charge is 0.574 e. The number of ether oxygens (including phenoxy) is 2. The van der Waals surface area contributed by atoms with Gasteiger partial charge in [-0.15, -0.1) is 13.2 Å². The summed E-state index contributed by atoms with van der Waals surface area (Å²) in [5, 5.41) is 0. The molecule has 0 radical (unpaired) electrons. The highest BCUT2D eigenvalue weighted by Crippen LogP contribution is 2.38. The third kappa shape index (κ3) is 3.29. The zero-order chi connectivity index (χ0) is 14.1. The van der Waals surface area contributed by atoms with Gasteiger partial charge in [-0.2, -0.15) is 0 Å². The van der Waals surface area contributed by atoms with Crippen molar-refractivity contribution in [2.45, 2.75) is 11.3 Å². The molecule has 0 aliphatic rings. The van der Waals surface area contributed by atoms with E-state index in [2.05, 4.69) is 14.5 Å². The van der Waals surface area contributed by atoms with Crippen molar-refractivity contribution in [3.05, 3.63) is 6.20 Å². The van der Waals surface area contributed by atoms with Crippen LogP contribution >= 0.6 is 10.7 Å². The van der Waals surface area contributed by atoms with Crippen LogP contribution in [-0.4, -0.2) is 26.9 Å². The number of pyridine rings is 1. The van der Waals surface area contributed by atoms with Gasteiger partial charge < -0.3 is 15.2 Å². The minimum absolute atomic E-state index is 0.543. The van der Waals surface area contributed by atoms with Gasteiger partial charge in [-0.25, -0.2) is 13.4 Å². The second-order valence-electron chi connectivity index (χ2n) is 2.86. The van der Waals surface area contributed by atoms with Crippen LogP contribution in [0.15, 0.2) is 11.1 Å². The maximum absolute atomic E-state index is 12.0. The van der Waals surface area contributed by atoms with Crippen LogP contribution in [0.5, 0.6) is 11.6 Å². The van der Waals surface area contributed by atoms with Crippen LogP contribution in [0.4, 0.5) is 18.9 Å². The Kier molecular flexibility index (Phi) is 3.81. The molecule has 0 fully saturated rings. The van der Waals surface area contributed by atoms with Crippen LogP contribution in [0.25, 0.3) is 0 Å². The van der Waals surface area contributed by atoms with Gasteiger partial charge in [0.2, 0.25) is 5.75 Å². The number of aromatic nitrogens is 1. The molecule has 0 spiro atoms. The third-order valence-electron chi connectivity index (χ3n) is 1.68. The first kappa shape index (κ1) is 14.6. The zero-order valence-corrected chi connectivity index (χ0v) is 10.2. The summed E-state index contributed by atoms with van der Waals surface area (Å²) in [5.41, 5.74) is 4.70. The summed E-state index contributed by atoms with van der Waals surface area (Å²) in [6.07, 6.45) is -4.48. The Morgan fingerprint density at radius 3 is 2.39 bits per heavy atom. The van der Waals surface area contributed by atoms with Crippen molar-refractivity contribution in [1.82, 2.24) is 4.98 Å². The Morgan fingerprint density at radius 2 is 2.00 bits per heavy atom. The van der Waals surface area contributed by atoms with Crippen LogP contribution in [0.2, 0.25) is 0 Å². The van der Waals surface area contributed by atoms with Crippen LogP contribution in [0.1, 0.15) is 0 Å². The lowest BCUT2D eigenvalue weighted by Crippen LogP contribution is -2.19. The van der Waals surface area contributed by atoms with Crippen molar-refractivity contribution in [3.63, 3.8) is 0 Å². The SMILES string of the molecule is COc1c(OC(F)(F)F)ncc(S(=O)(=O)Cl)c1N. The molecule has 0 aromatic carbocycles. The maximum atomic E-state index is 12.0. The Hall–Kier alpha value is -1.42. The van der Waals surface area contributed by atoms with E-state index < -0.39 is 37.6 Å². The molecule has 102 valence electrons. The van der Waals surface area contributed by atoms with Gasteiger partial charge in [0.05, 0.1) is 13.3 Å². The number of nitrogen functional groups attached to an aromatic ring is 1. The van der Waals surface area contributed by atoms with Crippen molar-refractivity contribution in [3.8, 4) is 11.6 Å². The van der Waals surface area contributed by atoms with Gasteiger partial charge in [-0.3, -0.25) is 0 Å². The highest BCUT2D eigenvalue weighted by Gasteiger charge is 2.34. The van der Waals surface area contributed by atoms with Gasteiger partial charge in [0.1, 0.15) is 10.6 Å². The number of alkyl halides is 3. The van der Waals surface area contributed by atoms with E-state index in [1.165, 1.54) is 0 Å². The molecule has 1 aromatic rings. The number of rotatable bonds is 3. The predicted octanol–water partition coefficient (Wildman–Crippen LogP) is 1.50. The van der Waals surface area contributed by atoms with Crippen molar-refractivity contribution in [1.29, 1.82) is 0 Å². The molecule has 1 aromatic heterocycles. The number of nitrogens with zero attached hydrogens (tertiary/aromatic N) is 1. The van der Waals surface area contributed by atoms with Gasteiger partial charge in [0, 0.05) is 10.7 Å². The first-order chi connectivity index (χ1) is 8.06. The minimum Gasteiger partial charge on any atom is -0.490 e. The molecule has 11 heteroatoms. The fourth-order valence-corrected chi connectivity index (χ4v) is 1.95. The van der Waals surface area contributed by atoms with Gasteiger partial charge >= 0.3 is 6.36 Å². The molecule has 6 nitrogen and oxygen atoms in total. The molecular weight excluding hydrogens is 301 g/mol. The molecule has 0 unspecified atom stereocenters. The molecule has 1 heterocycles. The second-order valence-corrected chi connectivity index (χ2v) is 5.39. The van der Waals surface area contributed by atoms with E-state index in [1.807, 2.05) is 0 Å². The Balaban J connectivity index is 3.39. The topological polar surface area (TPSA) is 91.5 Å². The molecule has 1 rings (SSSR count). The number of hydrogen-bond donors (Lipinski definition) is 1. The van der Waals surface area contributed by atoms with Crippen LogP contribution in [0, 0.1) is 0 Å². The molecule has 0 saturated heterocycles. The van der Waals surface area contributed by atoms with Gasteiger partial charge in [-0.1, -0.05) is 0 Å². The normalized spacial score (nSPS) is 12.3. The lowest BCUT2D eigenvalue weighted by Gasteiger charge is -2.13. The standard InChI is InChI=1S/C7H6ClF3N2O4S/c1-16-5-4(12)3(18(8,14)15)2-13-6(5)17-7(9,10)11/h2H,1H3,(H2,12,13). The first-order valence-electron chi connectivity index (χ1n) is 4.09. The van der Waals surface area contributed by atoms with E-state index >= 15 is 0 Å². The smallest absolute Gasteiger partial charge is 0.490 e. The third-order valence-corrected chi connectivity index (χ3v) is 3.03. The summed E-state index contributed by atoms with van der Waals surface area (Å²) < 4.78 is 66.2. The van der Waals surface area contributed by atoms with Gasteiger partial charge in [0.15, 0.2) is 0 Å². The molecular formula is C7H6ClF3N2O4S. The fraction of sp³-hybridized carbons (Fsp3) is 0.286. The summed E-state index contributed by atoms with van der Waals surface area (Å²) >= 11 is 0. The molecule has 0 amide bonds. The van der Waals surface area contributed by atoms with Gasteiger partial charge in [0.25, 0.3) is 14.9 Å². The average molecular weight is 307 g/mol. The van der Waals surface area contributed by atoms with E-state index in [0.717, 1.165) is 7.11 Å². The fourth-order valence-electron chi connectivity index (χ4n) is 1.05. The lowest BCUT2D eigenvalue weighted by atomic mass is 10.4. The molecule has 2 N–H and O–H groups in total. The van der Waals surface area contributed by atoms with E-state index in [9.17, 15) is 21.6 Å². The van der Waals surface area contributed by atoms with Crippen molar-refractivity contribution in [2.24, 2.45) is 0 Å². The number of anilines is 1. The minimum atomic E-state index is -5.02. The van der Waals surface area contributed by atoms with Crippen LogP contribution in [0.3, 0.4) is 0 Å². The Morgan fingerprint density at radius 1 is 1.44 bits per heavy atom. The molecule has 0 bridgehead atoms. The highest BCUT2D eigenvalue weighted by atomic mass is 35.7. The number of halogens is 4. The maximum Gasteiger partial charge on any atom is 0.574 e. The predicted molar refractivity (Wildman–Crippen MR) is 54.9 cm³/mol. The summed E-state index contributed by atoms with van der Waals surface area (Å²) in [6.45, 7) is 0. The van der Waals surface area contributed by atoms with Crippen LogP contribution < -0.4 is 15.2 Å². The summed E-state index contributed by atoms with van der Waals surface area (Å²) in [6, 6.07) is 0. The van der Waals surface area contributed by atoms with E-state index in [1.54, 1.807) is 0 Å². The van der Waals surface area contributed by atoms with Gasteiger partial charge in [-0.05, 0) is 0 Å². The highest BCUT2D eigenvalue weighted by molar-refractivity contribution is 8.13. The molecule has 0 aliphatic carbocycles. The quantitative estimate of drug-likeness (QED) is 0.851. The summed E-state index contributed by atoms with van der Waals surface area (Å²) in [5.74, 6) is -1.68. The van der Waals surface area contributed by atoms with E-state index in [0.29, 0.717) is 6.20 Å². The summed E-state index contributed by atoms with van der Waals surface area (Å²) in [7, 11) is 1.73. The van der Waals surface area contributed by atoms with Crippen molar-refractivity contribution in [2.75, 3.05) is 12.8 Å². The van der Waals surface area contributed by atoms with E-state index in [4.69, 9.17) is 16.4 Å². The molecule has 0 atom stereocenters. The number of methoxy groups -OCH3 is 1. The number of hydrogen-bond acceptors (Lipinski definition) is 6. The van der Waals surface area contributed by atoms with Crippen molar-refractivity contribution < 1.29 is 31.1 Å². The molecule has 0 aliphatic heterocycles. The second kappa shape index (κ2) is 4.69. The van der Waals surface area contributed by atoms with Crippen molar-refractivity contribution >= 4 is 25.4 Å². The number of nitrogens with two attached hydrogens (primary N) is 1. The Labute approximate surface area is 104 Å².